The molecule has 10 rings (SSSR count). The lowest BCUT2D eigenvalue weighted by molar-refractivity contribution is 0.483. The lowest BCUT2D eigenvalue weighted by atomic mass is 10.1. The van der Waals surface area contributed by atoms with Gasteiger partial charge in [0.05, 0.1) is 29.1 Å². The van der Waals surface area contributed by atoms with Gasteiger partial charge >= 0.3 is 0 Å². The summed E-state index contributed by atoms with van der Waals surface area (Å²) >= 11 is 0. The smallest absolute Gasteiger partial charge is 0.179 e. The highest BCUT2D eigenvalue weighted by atomic mass is 28.3. The van der Waals surface area contributed by atoms with Crippen molar-refractivity contribution >= 4 is 67.7 Å². The molecule has 0 spiro atoms. The van der Waals surface area contributed by atoms with Crippen molar-refractivity contribution < 1.29 is 8.85 Å². The number of fused-ring (bicyclic) bond motifs is 4. The van der Waals surface area contributed by atoms with Gasteiger partial charge < -0.3 is 14.5 Å². The molecule has 0 atom stereocenters. The summed E-state index contributed by atoms with van der Waals surface area (Å²) < 4.78 is 33.3. The molecule has 0 unspecified atom stereocenters. The monoisotopic (exact) mass is 729 g/mol. The SMILES string of the molecule is [2H]C([2H])([2H])N1CN(c2cccc(Oc3ccc4c5ccccc5n(-c5cc([Si](c6ccccc6)(c6ccccc6)c6ccccc6)ccn5)c4c3)c2)c2ccccc21. The summed E-state index contributed by atoms with van der Waals surface area (Å²) in [7, 11) is -2.81. The Kier molecular flexibility index (Phi) is 7.26. The normalized spacial score (nSPS) is 13.7. The van der Waals surface area contributed by atoms with Gasteiger partial charge in [-0.25, -0.2) is 4.98 Å². The molecular weight excluding hydrogens is 689 g/mol. The maximum Gasteiger partial charge on any atom is 0.179 e. The number of hydrogen-bond acceptors (Lipinski definition) is 4. The molecule has 0 aliphatic carbocycles. The van der Waals surface area contributed by atoms with Crippen molar-refractivity contribution in [3.8, 4) is 17.3 Å². The number of rotatable bonds is 8. The van der Waals surface area contributed by atoms with Crippen molar-refractivity contribution in [2.75, 3.05) is 23.4 Å². The van der Waals surface area contributed by atoms with Crippen molar-refractivity contribution in [1.82, 2.24) is 9.55 Å². The average molecular weight is 730 g/mol. The molecule has 0 bridgehead atoms. The van der Waals surface area contributed by atoms with E-state index >= 15 is 0 Å². The van der Waals surface area contributed by atoms with Crippen LogP contribution in [0, 0.1) is 0 Å². The fourth-order valence-electron chi connectivity index (χ4n) is 8.39. The number of pyridine rings is 1. The largest absolute Gasteiger partial charge is 0.457 e. The molecule has 3 heterocycles. The Morgan fingerprint density at radius 2 is 1.15 bits per heavy atom. The van der Waals surface area contributed by atoms with E-state index in [0.29, 0.717) is 17.2 Å². The van der Waals surface area contributed by atoms with Gasteiger partial charge in [0, 0.05) is 45.9 Å². The van der Waals surface area contributed by atoms with Crippen LogP contribution >= 0.6 is 0 Å². The van der Waals surface area contributed by atoms with Crippen molar-refractivity contribution in [3.63, 3.8) is 0 Å². The number of anilines is 3. The van der Waals surface area contributed by atoms with Gasteiger partial charge in [0.15, 0.2) is 8.07 Å². The van der Waals surface area contributed by atoms with E-state index in [-0.39, 0.29) is 6.67 Å². The van der Waals surface area contributed by atoms with Crippen LogP contribution < -0.4 is 35.3 Å². The second kappa shape index (κ2) is 13.5. The summed E-state index contributed by atoms with van der Waals surface area (Å²) in [6.07, 6.45) is 1.96. The van der Waals surface area contributed by atoms with Gasteiger partial charge in [-0.05, 0) is 75.3 Å². The zero-order valence-electron chi connectivity index (χ0n) is 33.0. The highest BCUT2D eigenvalue weighted by Gasteiger charge is 2.41. The summed E-state index contributed by atoms with van der Waals surface area (Å²) in [6.45, 7) is -2.06. The molecule has 9 aromatic rings. The molecule has 0 saturated carbocycles. The van der Waals surface area contributed by atoms with Gasteiger partial charge in [-0.2, -0.15) is 0 Å². The fraction of sp³-hybridized carbons (Fsp3) is 0.0408. The van der Waals surface area contributed by atoms with E-state index in [1.54, 1.807) is 0 Å². The average Bonchev–Trinajstić information content (AvgIpc) is 3.82. The summed E-state index contributed by atoms with van der Waals surface area (Å²) in [5.41, 5.74) is 4.40. The van der Waals surface area contributed by atoms with Gasteiger partial charge in [-0.15, -0.1) is 0 Å². The molecule has 0 N–H and O–H groups in total. The third-order valence-electron chi connectivity index (χ3n) is 10.8. The molecule has 2 aromatic heterocycles. The van der Waals surface area contributed by atoms with Crippen LogP contribution in [0.15, 0.2) is 200 Å². The van der Waals surface area contributed by atoms with Crippen LogP contribution in [-0.2, 0) is 0 Å². The summed E-state index contributed by atoms with van der Waals surface area (Å²) in [5.74, 6) is 2.15. The van der Waals surface area contributed by atoms with Gasteiger partial charge in [0.25, 0.3) is 0 Å². The maximum atomic E-state index is 8.15. The van der Waals surface area contributed by atoms with Crippen LogP contribution in [0.4, 0.5) is 17.1 Å². The molecule has 264 valence electrons. The first-order valence-electron chi connectivity index (χ1n) is 20.0. The lowest BCUT2D eigenvalue weighted by Crippen LogP contribution is -2.74. The zero-order chi connectivity index (χ0) is 39.3. The zero-order valence-corrected chi connectivity index (χ0v) is 31.0. The van der Waals surface area contributed by atoms with E-state index in [4.69, 9.17) is 13.8 Å². The van der Waals surface area contributed by atoms with Crippen molar-refractivity contribution in [2.45, 2.75) is 0 Å². The van der Waals surface area contributed by atoms with Crippen LogP contribution in [0.25, 0.3) is 27.6 Å². The van der Waals surface area contributed by atoms with Crippen LogP contribution in [0.2, 0.25) is 0 Å². The molecule has 0 radical (unpaired) electrons. The van der Waals surface area contributed by atoms with Crippen molar-refractivity contribution in [3.05, 3.63) is 200 Å². The van der Waals surface area contributed by atoms with E-state index in [1.807, 2.05) is 65.7 Å². The van der Waals surface area contributed by atoms with E-state index < -0.39 is 15.0 Å². The molecule has 6 heteroatoms. The summed E-state index contributed by atoms with van der Waals surface area (Å²) in [5, 5.41) is 7.36. The van der Waals surface area contributed by atoms with E-state index in [9.17, 15) is 0 Å². The molecule has 1 aliphatic heterocycles. The molecule has 55 heavy (non-hydrogen) atoms. The molecular formula is C49H38N4OSi. The van der Waals surface area contributed by atoms with E-state index in [2.05, 4.69) is 144 Å². The van der Waals surface area contributed by atoms with Crippen LogP contribution in [0.1, 0.15) is 4.11 Å². The molecule has 5 nitrogen and oxygen atoms in total. The highest BCUT2D eigenvalue weighted by molar-refractivity contribution is 7.19. The highest BCUT2D eigenvalue weighted by Crippen LogP contribution is 2.41. The molecule has 1 aliphatic rings. The van der Waals surface area contributed by atoms with Crippen molar-refractivity contribution in [1.29, 1.82) is 0 Å². The van der Waals surface area contributed by atoms with Gasteiger partial charge in [-0.3, -0.25) is 4.57 Å². The van der Waals surface area contributed by atoms with Crippen LogP contribution in [0.3, 0.4) is 0 Å². The second-order valence-corrected chi connectivity index (χ2v) is 17.7. The van der Waals surface area contributed by atoms with E-state index in [1.165, 1.54) is 25.6 Å². The molecule has 0 fully saturated rings. The van der Waals surface area contributed by atoms with Gasteiger partial charge in [-0.1, -0.05) is 127 Å². The Labute approximate surface area is 326 Å². The van der Waals surface area contributed by atoms with Crippen molar-refractivity contribution in [2.24, 2.45) is 0 Å². The predicted molar refractivity (Wildman–Crippen MR) is 231 cm³/mol. The van der Waals surface area contributed by atoms with Crippen LogP contribution in [0.5, 0.6) is 11.5 Å². The second-order valence-electron chi connectivity index (χ2n) is 13.9. The number of benzene rings is 7. The number of nitrogens with zero attached hydrogens (tertiary/aromatic N) is 4. The first-order valence-corrected chi connectivity index (χ1v) is 20.5. The first kappa shape index (κ1) is 29.5. The Morgan fingerprint density at radius 3 is 1.85 bits per heavy atom. The Morgan fingerprint density at radius 1 is 0.527 bits per heavy atom. The number of para-hydroxylation sites is 3. The summed E-state index contributed by atoms with van der Waals surface area (Å²) in [6, 6.07) is 67.4. The molecule has 0 saturated heterocycles. The first-order chi connectivity index (χ1) is 28.4. The standard InChI is InChI=1S/C49H38N4OSi/c1-51-35-52(47-27-14-13-26-46(47)51)36-16-15-17-37(32-36)54-38-28-29-44-43-24-11-12-25-45(43)53(48(44)33-38)49-34-42(30-31-50-49)55(39-18-5-2-6-19-39,40-20-7-3-8-21-40)41-22-9-4-10-23-41/h2-34H,35H2,1H3/i1D3. The third-order valence-corrected chi connectivity index (χ3v) is 15.6. The minimum atomic E-state index is -2.81. The summed E-state index contributed by atoms with van der Waals surface area (Å²) in [4.78, 5) is 8.55. The minimum Gasteiger partial charge on any atom is -0.457 e. The number of aromatic nitrogens is 2. The minimum absolute atomic E-state index is 0.209. The number of hydrogen-bond donors (Lipinski definition) is 0. The Hall–Kier alpha value is -6.89. The maximum absolute atomic E-state index is 8.15. The van der Waals surface area contributed by atoms with Gasteiger partial charge in [0.2, 0.25) is 0 Å². The molecule has 7 aromatic carbocycles. The number of ether oxygens (including phenoxy) is 1. The lowest BCUT2D eigenvalue weighted by Gasteiger charge is -2.34. The van der Waals surface area contributed by atoms with Crippen LogP contribution in [-0.4, -0.2) is 31.3 Å². The fourth-order valence-corrected chi connectivity index (χ4v) is 13.1. The quantitative estimate of drug-likeness (QED) is 0.116. The topological polar surface area (TPSA) is 33.5 Å². The Balaban J connectivity index is 1.09. The van der Waals surface area contributed by atoms with Gasteiger partial charge in [0.1, 0.15) is 17.3 Å². The predicted octanol–water partition coefficient (Wildman–Crippen LogP) is 8.89. The Bertz CT molecular complexity index is 2820. The molecule has 0 amide bonds. The third kappa shape index (κ3) is 5.49. The van der Waals surface area contributed by atoms with E-state index in [0.717, 1.165) is 39.0 Å².